The number of hydrogen-bond donors (Lipinski definition) is 1. The summed E-state index contributed by atoms with van der Waals surface area (Å²) in [4.78, 5) is 29.8. The van der Waals surface area contributed by atoms with E-state index in [4.69, 9.17) is 4.42 Å². The van der Waals surface area contributed by atoms with E-state index in [1.165, 1.54) is 6.07 Å². The summed E-state index contributed by atoms with van der Waals surface area (Å²) >= 11 is 0. The van der Waals surface area contributed by atoms with Gasteiger partial charge in [0.1, 0.15) is 11.2 Å². The average Bonchev–Trinajstić information content (AvgIpc) is 3.18. The van der Waals surface area contributed by atoms with Gasteiger partial charge in [0.2, 0.25) is 0 Å². The highest BCUT2D eigenvalue weighted by Gasteiger charge is 2.15. The molecule has 1 N–H and O–H groups in total. The molecule has 31 heavy (non-hydrogen) atoms. The minimum absolute atomic E-state index is 0.0308. The van der Waals surface area contributed by atoms with Gasteiger partial charge in [-0.2, -0.15) is 0 Å². The van der Waals surface area contributed by atoms with Crippen molar-refractivity contribution in [3.63, 3.8) is 0 Å². The van der Waals surface area contributed by atoms with Gasteiger partial charge in [-0.15, -0.1) is 0 Å². The van der Waals surface area contributed by atoms with E-state index in [-0.39, 0.29) is 11.2 Å². The summed E-state index contributed by atoms with van der Waals surface area (Å²) in [5.41, 5.74) is 5.33. The van der Waals surface area contributed by atoms with Crippen molar-refractivity contribution in [2.75, 3.05) is 5.32 Å². The lowest BCUT2D eigenvalue weighted by molar-refractivity contribution is 0.0997. The number of rotatable bonds is 3. The summed E-state index contributed by atoms with van der Waals surface area (Å²) in [6.45, 7) is 3.93. The third-order valence-electron chi connectivity index (χ3n) is 5.26. The summed E-state index contributed by atoms with van der Waals surface area (Å²) in [6.07, 6.45) is 3.92. The van der Waals surface area contributed by atoms with E-state index in [1.54, 1.807) is 24.3 Å². The van der Waals surface area contributed by atoms with Crippen LogP contribution in [-0.2, 0) is 0 Å². The van der Waals surface area contributed by atoms with Crippen LogP contribution in [0.15, 0.2) is 82.3 Å². The standard InChI is InChI=1S/C25H19N3O3/c1-15-9-10-28-14-20(26-24(28)11-15)17-8-7-16(2)19(12-17)27-25(30)23-13-21(29)18-5-3-4-6-22(18)31-23/h3-14H,1-2H3,(H,27,30). The molecular formula is C25H19N3O3. The largest absolute Gasteiger partial charge is 0.451 e. The normalized spacial score (nSPS) is 11.2. The molecule has 0 spiro atoms. The quantitative estimate of drug-likeness (QED) is 0.456. The molecule has 0 aliphatic heterocycles. The topological polar surface area (TPSA) is 76.6 Å². The van der Waals surface area contributed by atoms with Crippen LogP contribution in [0.1, 0.15) is 21.7 Å². The molecule has 0 fully saturated rings. The lowest BCUT2D eigenvalue weighted by atomic mass is 10.1. The second-order valence-corrected chi connectivity index (χ2v) is 7.55. The Morgan fingerprint density at radius 2 is 1.87 bits per heavy atom. The van der Waals surface area contributed by atoms with Gasteiger partial charge in [0.15, 0.2) is 11.2 Å². The zero-order valence-corrected chi connectivity index (χ0v) is 17.0. The first-order chi connectivity index (χ1) is 15.0. The molecule has 0 unspecified atom stereocenters. The predicted octanol–water partition coefficient (Wildman–Crippen LogP) is 4.98. The number of benzene rings is 2. The molecule has 0 saturated carbocycles. The SMILES string of the molecule is Cc1ccn2cc(-c3ccc(C)c(NC(=O)c4cc(=O)c5ccccc5o4)c3)nc2c1. The number of carbonyl (C=O) groups excluding carboxylic acids is 1. The zero-order chi connectivity index (χ0) is 21.5. The van der Waals surface area contributed by atoms with Crippen molar-refractivity contribution in [1.82, 2.24) is 9.38 Å². The van der Waals surface area contributed by atoms with Crippen molar-refractivity contribution in [2.45, 2.75) is 13.8 Å². The summed E-state index contributed by atoms with van der Waals surface area (Å²) < 4.78 is 7.62. The first kappa shape index (κ1) is 18.8. The van der Waals surface area contributed by atoms with Gasteiger partial charge < -0.3 is 14.1 Å². The van der Waals surface area contributed by atoms with Crippen LogP contribution < -0.4 is 10.7 Å². The minimum Gasteiger partial charge on any atom is -0.451 e. The van der Waals surface area contributed by atoms with Crippen LogP contribution in [0.4, 0.5) is 5.69 Å². The summed E-state index contributed by atoms with van der Waals surface area (Å²) in [6, 6.07) is 17.9. The van der Waals surface area contributed by atoms with Gasteiger partial charge in [-0.25, -0.2) is 4.98 Å². The Labute approximate surface area is 177 Å². The van der Waals surface area contributed by atoms with Crippen LogP contribution >= 0.6 is 0 Å². The van der Waals surface area contributed by atoms with Gasteiger partial charge in [-0.3, -0.25) is 9.59 Å². The number of amides is 1. The number of imidazole rings is 1. The molecule has 0 aliphatic carbocycles. The van der Waals surface area contributed by atoms with Gasteiger partial charge in [0.25, 0.3) is 5.91 Å². The number of carbonyl (C=O) groups is 1. The van der Waals surface area contributed by atoms with E-state index in [2.05, 4.69) is 10.3 Å². The Hall–Kier alpha value is -4.19. The first-order valence-electron chi connectivity index (χ1n) is 9.88. The van der Waals surface area contributed by atoms with Crippen LogP contribution in [0, 0.1) is 13.8 Å². The summed E-state index contributed by atoms with van der Waals surface area (Å²) in [5, 5.41) is 3.31. The Morgan fingerprint density at radius 1 is 1.03 bits per heavy atom. The second-order valence-electron chi connectivity index (χ2n) is 7.55. The fourth-order valence-corrected chi connectivity index (χ4v) is 3.54. The number of anilines is 1. The molecule has 152 valence electrons. The maximum atomic E-state index is 12.8. The van der Waals surface area contributed by atoms with Crippen molar-refractivity contribution < 1.29 is 9.21 Å². The van der Waals surface area contributed by atoms with Crippen LogP contribution in [0.3, 0.4) is 0 Å². The van der Waals surface area contributed by atoms with Crippen LogP contribution in [-0.4, -0.2) is 15.3 Å². The van der Waals surface area contributed by atoms with Crippen LogP contribution in [0.2, 0.25) is 0 Å². The van der Waals surface area contributed by atoms with Gasteiger partial charge >= 0.3 is 0 Å². The lowest BCUT2D eigenvalue weighted by Crippen LogP contribution is -2.15. The maximum absolute atomic E-state index is 12.8. The molecule has 6 heteroatoms. The molecule has 0 bridgehead atoms. The molecule has 0 aliphatic rings. The van der Waals surface area contributed by atoms with Crippen molar-refractivity contribution in [3.05, 3.63) is 100 Å². The smallest absolute Gasteiger partial charge is 0.291 e. The van der Waals surface area contributed by atoms with Crippen molar-refractivity contribution in [2.24, 2.45) is 0 Å². The minimum atomic E-state index is -0.478. The maximum Gasteiger partial charge on any atom is 0.291 e. The number of aromatic nitrogens is 2. The van der Waals surface area contributed by atoms with Gasteiger partial charge in [0, 0.05) is 29.7 Å². The number of nitrogens with one attached hydrogen (secondary N) is 1. The number of fused-ring (bicyclic) bond motifs is 2. The Balaban J connectivity index is 1.49. The number of pyridine rings is 1. The predicted molar refractivity (Wildman–Crippen MR) is 121 cm³/mol. The molecular weight excluding hydrogens is 390 g/mol. The van der Waals surface area contributed by atoms with Gasteiger partial charge in [-0.1, -0.05) is 24.3 Å². The molecule has 5 rings (SSSR count). The summed E-state index contributed by atoms with van der Waals surface area (Å²) in [7, 11) is 0. The van der Waals surface area contributed by atoms with E-state index in [0.29, 0.717) is 16.7 Å². The zero-order valence-electron chi connectivity index (χ0n) is 17.0. The summed E-state index contributed by atoms with van der Waals surface area (Å²) in [5.74, 6) is -0.509. The van der Waals surface area contributed by atoms with E-state index in [1.807, 2.05) is 61.0 Å². The fraction of sp³-hybridized carbons (Fsp3) is 0.0800. The van der Waals surface area contributed by atoms with Crippen LogP contribution in [0.25, 0.3) is 27.9 Å². The van der Waals surface area contributed by atoms with Crippen molar-refractivity contribution >= 4 is 28.2 Å². The third kappa shape index (κ3) is 3.48. The van der Waals surface area contributed by atoms with Crippen LogP contribution in [0.5, 0.6) is 0 Å². The highest BCUT2D eigenvalue weighted by atomic mass is 16.3. The highest BCUT2D eigenvalue weighted by Crippen LogP contribution is 2.26. The molecule has 3 heterocycles. The lowest BCUT2D eigenvalue weighted by Gasteiger charge is -2.10. The molecule has 1 amide bonds. The Morgan fingerprint density at radius 3 is 2.74 bits per heavy atom. The average molecular weight is 409 g/mol. The van der Waals surface area contributed by atoms with E-state index < -0.39 is 5.91 Å². The highest BCUT2D eigenvalue weighted by molar-refractivity contribution is 6.03. The molecule has 0 saturated heterocycles. The molecule has 2 aromatic carbocycles. The van der Waals surface area contributed by atoms with Crippen molar-refractivity contribution in [3.8, 4) is 11.3 Å². The van der Waals surface area contributed by atoms with E-state index >= 15 is 0 Å². The van der Waals surface area contributed by atoms with Gasteiger partial charge in [-0.05, 0) is 55.3 Å². The first-order valence-corrected chi connectivity index (χ1v) is 9.88. The van der Waals surface area contributed by atoms with E-state index in [9.17, 15) is 9.59 Å². The fourth-order valence-electron chi connectivity index (χ4n) is 3.54. The number of nitrogens with zero attached hydrogens (tertiary/aromatic N) is 2. The number of hydrogen-bond acceptors (Lipinski definition) is 4. The monoisotopic (exact) mass is 409 g/mol. The second kappa shape index (κ2) is 7.25. The molecule has 0 atom stereocenters. The third-order valence-corrected chi connectivity index (χ3v) is 5.26. The van der Waals surface area contributed by atoms with E-state index in [0.717, 1.165) is 28.0 Å². The molecule has 3 aromatic heterocycles. The van der Waals surface area contributed by atoms with Gasteiger partial charge in [0.05, 0.1) is 11.1 Å². The molecule has 5 aromatic rings. The Kier molecular flexibility index (Phi) is 4.40. The molecule has 0 radical (unpaired) electrons. The Bertz CT molecular complexity index is 1530. The van der Waals surface area contributed by atoms with Crippen molar-refractivity contribution in [1.29, 1.82) is 0 Å². The number of para-hydroxylation sites is 1. The molecule has 6 nitrogen and oxygen atoms in total. The number of aryl methyl sites for hydroxylation is 2.